The molecule has 5 nitrogen and oxygen atoms in total. The topological polar surface area (TPSA) is 61.8 Å². The first-order chi connectivity index (χ1) is 19.3. The molecule has 0 saturated carbocycles. The van der Waals surface area contributed by atoms with E-state index >= 15 is 0 Å². The molecule has 0 amide bonds. The lowest BCUT2D eigenvalue weighted by atomic mass is 9.65. The number of ketones is 2. The maximum absolute atomic E-state index is 13.7. The van der Waals surface area contributed by atoms with E-state index in [1.165, 1.54) is 0 Å². The number of allylic oxidation sites excluding steroid dienone is 5. The van der Waals surface area contributed by atoms with Crippen molar-refractivity contribution in [1.82, 2.24) is 0 Å². The van der Waals surface area contributed by atoms with Crippen LogP contribution >= 0.6 is 23.2 Å². The third kappa shape index (κ3) is 5.85. The second-order valence-electron chi connectivity index (χ2n) is 12.8. The minimum Gasteiger partial charge on any atom is -0.493 e. The zero-order chi connectivity index (χ0) is 29.7. The van der Waals surface area contributed by atoms with Crippen LogP contribution in [0.25, 0.3) is 0 Å². The number of hydrogen-bond donors (Lipinski definition) is 0. The maximum Gasteiger partial charge on any atom is 0.165 e. The van der Waals surface area contributed by atoms with Crippen LogP contribution in [0.2, 0.25) is 10.0 Å². The predicted octanol–water partition coefficient (Wildman–Crippen LogP) is 8.71. The summed E-state index contributed by atoms with van der Waals surface area (Å²) in [6.45, 7) is 12.5. The van der Waals surface area contributed by atoms with Crippen molar-refractivity contribution in [3.63, 3.8) is 0 Å². The Balaban J connectivity index is 1.64. The quantitative estimate of drug-likeness (QED) is 0.300. The van der Waals surface area contributed by atoms with Gasteiger partial charge in [-0.1, -0.05) is 69.1 Å². The Bertz CT molecular complexity index is 1460. The molecular weight excluding hydrogens is 559 g/mol. The second-order valence-corrected chi connectivity index (χ2v) is 13.7. The minimum atomic E-state index is -0.529. The molecule has 0 N–H and O–H groups in total. The summed E-state index contributed by atoms with van der Waals surface area (Å²) in [6, 6.07) is 9.17. The lowest BCUT2D eigenvalue weighted by molar-refractivity contribution is -0.120. The molecule has 2 aromatic carbocycles. The average molecular weight is 596 g/mol. The van der Waals surface area contributed by atoms with Crippen molar-refractivity contribution < 1.29 is 23.8 Å². The van der Waals surface area contributed by atoms with E-state index in [2.05, 4.69) is 34.3 Å². The van der Waals surface area contributed by atoms with Crippen LogP contribution in [-0.2, 0) is 27.4 Å². The average Bonchev–Trinajstić information content (AvgIpc) is 2.86. The van der Waals surface area contributed by atoms with Crippen molar-refractivity contribution in [1.29, 1.82) is 0 Å². The Morgan fingerprint density at radius 2 is 1.54 bits per heavy atom. The smallest absolute Gasteiger partial charge is 0.165 e. The number of carbonyl (C=O) groups is 2. The molecule has 2 aliphatic carbocycles. The van der Waals surface area contributed by atoms with Crippen LogP contribution in [0.1, 0.15) is 76.0 Å². The van der Waals surface area contributed by atoms with Crippen LogP contribution < -0.4 is 9.47 Å². The molecule has 3 aliphatic rings. The van der Waals surface area contributed by atoms with Crippen molar-refractivity contribution in [2.75, 3.05) is 7.11 Å². The van der Waals surface area contributed by atoms with E-state index in [1.54, 1.807) is 25.3 Å². The molecule has 0 bridgehead atoms. The summed E-state index contributed by atoms with van der Waals surface area (Å²) in [6.07, 6.45) is 4.35. The number of benzene rings is 2. The van der Waals surface area contributed by atoms with Gasteiger partial charge in [0, 0.05) is 63.9 Å². The Hall–Kier alpha value is -3.02. The fraction of sp³-hybridized carbons (Fsp3) is 0.412. The van der Waals surface area contributed by atoms with Gasteiger partial charge in [-0.25, -0.2) is 0 Å². The van der Waals surface area contributed by atoms with Crippen LogP contribution in [0, 0.1) is 10.8 Å². The SMILES string of the molecule is C=CCc1cc(C2C3=C(CC(C)(C)CC3=O)OC3=C2C(=O)CC(C)(C)C3)cc(OC)c1OCc1ccc(Cl)cc1Cl. The Labute approximate surface area is 252 Å². The number of ether oxygens (including phenoxy) is 3. The predicted molar refractivity (Wildman–Crippen MR) is 162 cm³/mol. The third-order valence-corrected chi connectivity index (χ3v) is 8.63. The number of halogens is 2. The van der Waals surface area contributed by atoms with Crippen molar-refractivity contribution in [3.8, 4) is 11.5 Å². The summed E-state index contributed by atoms with van der Waals surface area (Å²) >= 11 is 12.5. The molecule has 0 atom stereocenters. The Morgan fingerprint density at radius 3 is 2.07 bits per heavy atom. The highest BCUT2D eigenvalue weighted by Crippen LogP contribution is 2.54. The van der Waals surface area contributed by atoms with E-state index in [4.69, 9.17) is 37.4 Å². The van der Waals surface area contributed by atoms with Gasteiger partial charge in [0.25, 0.3) is 0 Å². The molecule has 41 heavy (non-hydrogen) atoms. The van der Waals surface area contributed by atoms with E-state index < -0.39 is 5.92 Å². The van der Waals surface area contributed by atoms with Gasteiger partial charge in [0.2, 0.25) is 0 Å². The molecule has 5 rings (SSSR count). The first kappa shape index (κ1) is 29.5. The fourth-order valence-corrected chi connectivity index (χ4v) is 6.73. The van der Waals surface area contributed by atoms with Crippen LogP contribution in [0.15, 0.2) is 65.7 Å². The highest BCUT2D eigenvalue weighted by Gasteiger charge is 2.48. The summed E-state index contributed by atoms with van der Waals surface area (Å²) in [5, 5.41) is 1.06. The van der Waals surface area contributed by atoms with Crippen LogP contribution in [0.3, 0.4) is 0 Å². The first-order valence-corrected chi connectivity index (χ1v) is 14.7. The van der Waals surface area contributed by atoms with Gasteiger partial charge < -0.3 is 14.2 Å². The van der Waals surface area contributed by atoms with Crippen molar-refractivity contribution in [3.05, 3.63) is 92.4 Å². The van der Waals surface area contributed by atoms with Gasteiger partial charge in [0.1, 0.15) is 18.1 Å². The number of carbonyl (C=O) groups excluding carboxylic acids is 2. The molecule has 0 saturated heterocycles. The highest BCUT2D eigenvalue weighted by molar-refractivity contribution is 6.35. The molecule has 216 valence electrons. The summed E-state index contributed by atoms with van der Waals surface area (Å²) in [5.41, 5.74) is 3.15. The monoisotopic (exact) mass is 594 g/mol. The molecule has 1 aliphatic heterocycles. The summed E-state index contributed by atoms with van der Waals surface area (Å²) in [4.78, 5) is 27.4. The first-order valence-electron chi connectivity index (χ1n) is 13.9. The Morgan fingerprint density at radius 1 is 0.927 bits per heavy atom. The van der Waals surface area contributed by atoms with Gasteiger partial charge >= 0.3 is 0 Å². The zero-order valence-electron chi connectivity index (χ0n) is 24.3. The molecule has 1 heterocycles. The Kier molecular flexibility index (Phi) is 7.90. The molecule has 0 unspecified atom stereocenters. The van der Waals surface area contributed by atoms with E-state index in [1.807, 2.05) is 18.2 Å². The van der Waals surface area contributed by atoms with Gasteiger partial charge in [-0.05, 0) is 41.0 Å². The molecule has 0 aromatic heterocycles. The zero-order valence-corrected chi connectivity index (χ0v) is 25.8. The van der Waals surface area contributed by atoms with E-state index in [0.29, 0.717) is 76.3 Å². The fourth-order valence-electron chi connectivity index (χ4n) is 6.27. The van der Waals surface area contributed by atoms with E-state index in [-0.39, 0.29) is 29.0 Å². The van der Waals surface area contributed by atoms with Crippen molar-refractivity contribution >= 4 is 34.8 Å². The molecule has 0 radical (unpaired) electrons. The third-order valence-electron chi connectivity index (χ3n) is 8.04. The number of Topliss-reactive ketones (excluding diaryl/α,β-unsaturated/α-hetero) is 2. The molecule has 7 heteroatoms. The van der Waals surface area contributed by atoms with Crippen molar-refractivity contribution in [2.24, 2.45) is 10.8 Å². The van der Waals surface area contributed by atoms with Gasteiger partial charge in [0.15, 0.2) is 23.1 Å². The van der Waals surface area contributed by atoms with E-state index in [9.17, 15) is 9.59 Å². The largest absolute Gasteiger partial charge is 0.493 e. The lowest BCUT2D eigenvalue weighted by Gasteiger charge is -2.42. The summed E-state index contributed by atoms with van der Waals surface area (Å²) in [7, 11) is 1.58. The standard InChI is InChI=1S/C34H36Cl2O5/c1-7-8-19-11-21(12-26(39-6)32(19)40-18-20-9-10-22(35)13-23(20)36)29-30-24(37)14-33(2,3)16-27(30)41-28-17-34(4,5)15-25(38)31(28)29/h7,9-13,29H,1,8,14-18H2,2-6H3. The van der Waals surface area contributed by atoms with Gasteiger partial charge in [0.05, 0.1) is 7.11 Å². The van der Waals surface area contributed by atoms with E-state index in [0.717, 1.165) is 16.7 Å². The summed E-state index contributed by atoms with van der Waals surface area (Å²) < 4.78 is 18.6. The lowest BCUT2D eigenvalue weighted by Crippen LogP contribution is -2.37. The normalized spacial score (nSPS) is 19.9. The molecule has 0 spiro atoms. The molecule has 0 fully saturated rings. The number of hydrogen-bond acceptors (Lipinski definition) is 5. The molecule has 2 aromatic rings. The van der Waals surface area contributed by atoms with Crippen LogP contribution in [0.4, 0.5) is 0 Å². The van der Waals surface area contributed by atoms with Crippen LogP contribution in [0.5, 0.6) is 11.5 Å². The highest BCUT2D eigenvalue weighted by atomic mass is 35.5. The summed E-state index contributed by atoms with van der Waals surface area (Å²) in [5.74, 6) is 1.94. The number of methoxy groups -OCH3 is 1. The maximum atomic E-state index is 13.7. The minimum absolute atomic E-state index is 0.0207. The number of rotatable bonds is 7. The van der Waals surface area contributed by atoms with Gasteiger partial charge in [-0.2, -0.15) is 0 Å². The van der Waals surface area contributed by atoms with Crippen LogP contribution in [-0.4, -0.2) is 18.7 Å². The molecular formula is C34H36Cl2O5. The van der Waals surface area contributed by atoms with Gasteiger partial charge in [-0.15, -0.1) is 6.58 Å². The van der Waals surface area contributed by atoms with Crippen molar-refractivity contribution in [2.45, 2.75) is 72.3 Å². The second kappa shape index (κ2) is 11.0. The van der Waals surface area contributed by atoms with Gasteiger partial charge in [-0.3, -0.25) is 9.59 Å².